The van der Waals surface area contributed by atoms with Crippen molar-refractivity contribution in [1.82, 2.24) is 0 Å². The van der Waals surface area contributed by atoms with Gasteiger partial charge in [-0.1, -0.05) is 12.1 Å². The lowest BCUT2D eigenvalue weighted by atomic mass is 9.91. The van der Waals surface area contributed by atoms with E-state index in [1.54, 1.807) is 7.11 Å². The number of fused-ring (bicyclic) bond motifs is 1. The molecule has 3 fully saturated rings. The minimum Gasteiger partial charge on any atom is -0.497 e. The molecule has 7 heteroatoms. The minimum atomic E-state index is -0.757. The van der Waals surface area contributed by atoms with Gasteiger partial charge < -0.3 is 33.2 Å². The first-order valence-electron chi connectivity index (χ1n) is 9.72. The Hall–Kier alpha value is -1.22. The van der Waals surface area contributed by atoms with Crippen LogP contribution in [0.5, 0.6) is 5.75 Å². The average molecular weight is 394 g/mol. The third-order valence-corrected chi connectivity index (χ3v) is 5.55. The van der Waals surface area contributed by atoms with Crippen LogP contribution in [0.4, 0.5) is 0 Å². The summed E-state index contributed by atoms with van der Waals surface area (Å²) in [7, 11) is 1.65. The predicted octanol–water partition coefficient (Wildman–Crippen LogP) is 3.00. The fraction of sp³-hybridized carbons (Fsp3) is 0.714. The third kappa shape index (κ3) is 3.67. The highest BCUT2D eigenvalue weighted by atomic mass is 16.9. The van der Waals surface area contributed by atoms with Gasteiger partial charge in [0.25, 0.3) is 0 Å². The van der Waals surface area contributed by atoms with Gasteiger partial charge in [-0.15, -0.1) is 0 Å². The molecule has 1 aromatic rings. The molecule has 0 aliphatic carbocycles. The Labute approximate surface area is 166 Å². The van der Waals surface area contributed by atoms with Gasteiger partial charge in [0.15, 0.2) is 17.9 Å². The smallest absolute Gasteiger partial charge is 0.190 e. The maximum absolute atomic E-state index is 6.44. The number of ether oxygens (including phenoxy) is 7. The third-order valence-electron chi connectivity index (χ3n) is 5.55. The lowest BCUT2D eigenvalue weighted by Gasteiger charge is -2.37. The van der Waals surface area contributed by atoms with Gasteiger partial charge in [0, 0.05) is 0 Å². The van der Waals surface area contributed by atoms with E-state index in [2.05, 4.69) is 0 Å². The molecule has 7 nitrogen and oxygen atoms in total. The van der Waals surface area contributed by atoms with Gasteiger partial charge in [-0.3, -0.25) is 0 Å². The van der Waals surface area contributed by atoms with E-state index >= 15 is 0 Å². The van der Waals surface area contributed by atoms with E-state index < -0.39 is 23.5 Å². The van der Waals surface area contributed by atoms with E-state index in [1.165, 1.54) is 0 Å². The molecule has 0 amide bonds. The lowest BCUT2D eigenvalue weighted by Crippen LogP contribution is -2.53. The Kier molecular flexibility index (Phi) is 4.97. The molecule has 0 N–H and O–H groups in total. The van der Waals surface area contributed by atoms with Crippen LogP contribution >= 0.6 is 0 Å². The Morgan fingerprint density at radius 3 is 2.25 bits per heavy atom. The van der Waals surface area contributed by atoms with Crippen molar-refractivity contribution in [3.63, 3.8) is 0 Å². The molecule has 28 heavy (non-hydrogen) atoms. The molecule has 0 saturated carbocycles. The second-order valence-electron chi connectivity index (χ2n) is 8.67. The zero-order chi connectivity index (χ0) is 20.2. The summed E-state index contributed by atoms with van der Waals surface area (Å²) in [4.78, 5) is 0. The Balaban J connectivity index is 1.54. The van der Waals surface area contributed by atoms with Gasteiger partial charge in [0.05, 0.1) is 20.3 Å². The van der Waals surface area contributed by atoms with Crippen molar-refractivity contribution < 1.29 is 33.2 Å². The summed E-state index contributed by atoms with van der Waals surface area (Å²) in [6.45, 7) is 10.4. The molecular formula is C21H30O7. The summed E-state index contributed by atoms with van der Waals surface area (Å²) in [6, 6.07) is 7.81. The highest BCUT2D eigenvalue weighted by molar-refractivity contribution is 5.26. The molecule has 3 heterocycles. The summed E-state index contributed by atoms with van der Waals surface area (Å²) in [5.41, 5.74) is 0.276. The van der Waals surface area contributed by atoms with Gasteiger partial charge >= 0.3 is 0 Å². The van der Waals surface area contributed by atoms with Crippen LogP contribution in [0, 0.1) is 0 Å². The standard InChI is InChI=1S/C21H30O7/c1-19(2)23-12-15(26-19)16-21(5,17-18(25-16)28-20(3,4)27-17)24-11-13-7-9-14(22-6)10-8-13/h7-10,15-18H,11-12H2,1-6H3/t15-,16-,17+,18-,21-/m1/s1. The Bertz CT molecular complexity index is 701. The van der Waals surface area contributed by atoms with E-state index in [-0.39, 0.29) is 18.3 Å². The number of benzene rings is 1. The molecule has 0 spiro atoms. The molecule has 5 atom stereocenters. The molecule has 3 aliphatic rings. The number of methoxy groups -OCH3 is 1. The monoisotopic (exact) mass is 394 g/mol. The fourth-order valence-electron chi connectivity index (χ4n) is 4.10. The minimum absolute atomic E-state index is 0.267. The fourth-order valence-corrected chi connectivity index (χ4v) is 4.10. The highest BCUT2D eigenvalue weighted by Crippen LogP contribution is 2.47. The highest BCUT2D eigenvalue weighted by Gasteiger charge is 2.65. The van der Waals surface area contributed by atoms with E-state index in [0.29, 0.717) is 13.2 Å². The summed E-state index contributed by atoms with van der Waals surface area (Å²) in [6.07, 6.45) is -1.51. The topological polar surface area (TPSA) is 64.6 Å². The van der Waals surface area contributed by atoms with Crippen molar-refractivity contribution in [1.29, 1.82) is 0 Å². The maximum atomic E-state index is 6.44. The van der Waals surface area contributed by atoms with Crippen molar-refractivity contribution in [3.8, 4) is 5.75 Å². The van der Waals surface area contributed by atoms with Crippen LogP contribution in [0.3, 0.4) is 0 Å². The first-order chi connectivity index (χ1) is 13.1. The largest absolute Gasteiger partial charge is 0.497 e. The molecule has 0 unspecified atom stereocenters. The maximum Gasteiger partial charge on any atom is 0.190 e. The van der Waals surface area contributed by atoms with Crippen LogP contribution in [0.2, 0.25) is 0 Å². The van der Waals surface area contributed by atoms with Crippen LogP contribution in [-0.2, 0) is 35.0 Å². The number of hydrogen-bond acceptors (Lipinski definition) is 7. The van der Waals surface area contributed by atoms with Crippen molar-refractivity contribution in [2.45, 2.75) is 83.0 Å². The summed E-state index contributed by atoms with van der Waals surface area (Å²) >= 11 is 0. The first-order valence-corrected chi connectivity index (χ1v) is 9.72. The van der Waals surface area contributed by atoms with Gasteiger partial charge in [-0.05, 0) is 52.3 Å². The van der Waals surface area contributed by atoms with Crippen molar-refractivity contribution in [2.24, 2.45) is 0 Å². The number of rotatable bonds is 5. The van der Waals surface area contributed by atoms with Gasteiger partial charge in [0.2, 0.25) is 0 Å². The zero-order valence-electron chi connectivity index (χ0n) is 17.4. The van der Waals surface area contributed by atoms with Gasteiger partial charge in [-0.2, -0.15) is 0 Å². The van der Waals surface area contributed by atoms with Crippen LogP contribution in [0.15, 0.2) is 24.3 Å². The number of hydrogen-bond donors (Lipinski definition) is 0. The van der Waals surface area contributed by atoms with Crippen LogP contribution in [0.25, 0.3) is 0 Å². The molecule has 0 bridgehead atoms. The Morgan fingerprint density at radius 1 is 0.929 bits per heavy atom. The van der Waals surface area contributed by atoms with Crippen molar-refractivity contribution in [3.05, 3.63) is 29.8 Å². The van der Waals surface area contributed by atoms with E-state index in [9.17, 15) is 0 Å². The average Bonchev–Trinajstić information content (AvgIpc) is 3.23. The molecule has 0 aromatic heterocycles. The van der Waals surface area contributed by atoms with E-state index in [4.69, 9.17) is 33.2 Å². The molecular weight excluding hydrogens is 364 g/mol. The van der Waals surface area contributed by atoms with E-state index in [0.717, 1.165) is 11.3 Å². The van der Waals surface area contributed by atoms with Gasteiger partial charge in [0.1, 0.15) is 29.7 Å². The molecule has 1 aromatic carbocycles. The molecule has 4 rings (SSSR count). The Morgan fingerprint density at radius 2 is 1.64 bits per heavy atom. The van der Waals surface area contributed by atoms with E-state index in [1.807, 2.05) is 58.9 Å². The zero-order valence-corrected chi connectivity index (χ0v) is 17.4. The van der Waals surface area contributed by atoms with Crippen LogP contribution in [-0.4, -0.2) is 55.5 Å². The molecule has 0 radical (unpaired) electrons. The summed E-state index contributed by atoms with van der Waals surface area (Å²) in [5, 5.41) is 0. The van der Waals surface area contributed by atoms with Crippen LogP contribution < -0.4 is 4.74 Å². The molecule has 156 valence electrons. The quantitative estimate of drug-likeness (QED) is 0.761. The molecule has 3 aliphatic heterocycles. The SMILES string of the molecule is COc1ccc(CO[C@]2(C)[C@@H]([C@H]3COC(C)(C)O3)O[C@@H]3OC(C)(C)O[C@@H]32)cc1. The van der Waals surface area contributed by atoms with Gasteiger partial charge in [-0.25, -0.2) is 0 Å². The normalized spacial score (nSPS) is 38.5. The first kappa shape index (κ1) is 20.1. The van der Waals surface area contributed by atoms with Crippen molar-refractivity contribution >= 4 is 0 Å². The lowest BCUT2D eigenvalue weighted by molar-refractivity contribution is -0.254. The second-order valence-corrected chi connectivity index (χ2v) is 8.67. The van der Waals surface area contributed by atoms with Crippen molar-refractivity contribution in [2.75, 3.05) is 13.7 Å². The summed E-state index contributed by atoms with van der Waals surface area (Å²) < 4.78 is 41.9. The molecule has 3 saturated heterocycles. The van der Waals surface area contributed by atoms with Crippen LogP contribution in [0.1, 0.15) is 40.2 Å². The second kappa shape index (κ2) is 6.93. The predicted molar refractivity (Wildman–Crippen MR) is 99.8 cm³/mol. The summed E-state index contributed by atoms with van der Waals surface area (Å²) in [5.74, 6) is -0.564.